The molecule has 0 aliphatic rings. The molecule has 2 rings (SSSR count). The molecule has 0 atom stereocenters. The van der Waals surface area contributed by atoms with E-state index in [0.717, 1.165) is 0 Å². The molecule has 0 aliphatic heterocycles. The molecule has 8 heteroatoms. The Morgan fingerprint density at radius 3 is 3.22 bits per heavy atom. The van der Waals surface area contributed by atoms with Gasteiger partial charge in [-0.2, -0.15) is 4.98 Å². The van der Waals surface area contributed by atoms with Gasteiger partial charge in [0, 0.05) is 5.38 Å². The minimum absolute atomic E-state index is 0.189. The Hall–Kier alpha value is -1.96. The van der Waals surface area contributed by atoms with Crippen LogP contribution >= 0.6 is 11.3 Å². The third kappa shape index (κ3) is 3.52. The first-order valence-electron chi connectivity index (χ1n) is 5.37. The number of esters is 1. The molecule has 96 valence electrons. The summed E-state index contributed by atoms with van der Waals surface area (Å²) in [7, 11) is 0. The second kappa shape index (κ2) is 6.10. The highest BCUT2D eigenvalue weighted by atomic mass is 32.1. The molecule has 0 aromatic carbocycles. The number of carbonyl (C=O) groups is 1. The molecule has 2 heterocycles. The van der Waals surface area contributed by atoms with Gasteiger partial charge in [-0.25, -0.2) is 4.98 Å². The molecule has 2 aromatic rings. The van der Waals surface area contributed by atoms with Crippen molar-refractivity contribution < 1.29 is 14.1 Å². The lowest BCUT2D eigenvalue weighted by Gasteiger charge is -1.98. The summed E-state index contributed by atoms with van der Waals surface area (Å²) < 4.78 is 9.46. The number of rotatable bonds is 6. The van der Waals surface area contributed by atoms with E-state index in [9.17, 15) is 4.79 Å². The van der Waals surface area contributed by atoms with Crippen LogP contribution in [0.3, 0.4) is 0 Å². The molecule has 0 fully saturated rings. The topological polar surface area (TPSA) is 90.1 Å². The fourth-order valence-corrected chi connectivity index (χ4v) is 1.96. The molecule has 0 radical (unpaired) electrons. The molecule has 0 bridgehead atoms. The quantitative estimate of drug-likeness (QED) is 0.788. The van der Waals surface area contributed by atoms with Crippen LogP contribution in [0.4, 0.5) is 5.13 Å². The van der Waals surface area contributed by atoms with Crippen LogP contribution in [-0.2, 0) is 22.5 Å². The fourth-order valence-electron chi connectivity index (χ4n) is 1.25. The summed E-state index contributed by atoms with van der Waals surface area (Å²) in [5.74, 6) is 0.282. The second-order valence-corrected chi connectivity index (χ2v) is 4.18. The lowest BCUT2D eigenvalue weighted by Crippen LogP contribution is -2.08. The number of ether oxygens (including phenoxy) is 1. The fraction of sp³-hybridized carbons (Fsp3) is 0.400. The Balaban J connectivity index is 1.84. The first kappa shape index (κ1) is 12.5. The van der Waals surface area contributed by atoms with E-state index in [2.05, 4.69) is 25.0 Å². The van der Waals surface area contributed by atoms with E-state index >= 15 is 0 Å². The highest BCUT2D eigenvalue weighted by Crippen LogP contribution is 2.16. The number of anilines is 1. The molecule has 0 saturated carbocycles. The van der Waals surface area contributed by atoms with Crippen LogP contribution in [0.15, 0.2) is 16.3 Å². The van der Waals surface area contributed by atoms with E-state index in [1.807, 2.05) is 5.38 Å². The lowest BCUT2D eigenvalue weighted by atomic mass is 10.3. The van der Waals surface area contributed by atoms with E-state index in [4.69, 9.17) is 4.74 Å². The van der Waals surface area contributed by atoms with Crippen molar-refractivity contribution in [2.75, 3.05) is 11.9 Å². The summed E-state index contributed by atoms with van der Waals surface area (Å²) in [4.78, 5) is 19.4. The smallest absolute Gasteiger partial charge is 0.311 e. The first-order valence-corrected chi connectivity index (χ1v) is 6.25. The Labute approximate surface area is 107 Å². The van der Waals surface area contributed by atoms with Crippen LogP contribution < -0.4 is 5.32 Å². The van der Waals surface area contributed by atoms with Gasteiger partial charge in [-0.3, -0.25) is 4.79 Å². The first-order chi connectivity index (χ1) is 8.78. The van der Waals surface area contributed by atoms with Gasteiger partial charge in [0.1, 0.15) is 0 Å². The number of nitrogens with zero attached hydrogens (tertiary/aromatic N) is 3. The molecule has 0 saturated heterocycles. The molecule has 0 amide bonds. The third-order valence-electron chi connectivity index (χ3n) is 1.99. The molecule has 18 heavy (non-hydrogen) atoms. The van der Waals surface area contributed by atoms with Crippen molar-refractivity contribution in [3.05, 3.63) is 23.3 Å². The van der Waals surface area contributed by atoms with Crippen LogP contribution in [0.2, 0.25) is 0 Å². The summed E-state index contributed by atoms with van der Waals surface area (Å²) in [6.07, 6.45) is 1.46. The van der Waals surface area contributed by atoms with Crippen molar-refractivity contribution in [3.63, 3.8) is 0 Å². The monoisotopic (exact) mass is 268 g/mol. The van der Waals surface area contributed by atoms with Crippen LogP contribution in [0.5, 0.6) is 0 Å². The van der Waals surface area contributed by atoms with E-state index in [1.54, 1.807) is 6.92 Å². The highest BCUT2D eigenvalue weighted by Gasteiger charge is 2.08. The average molecular weight is 268 g/mol. The number of carbonyl (C=O) groups excluding carboxylic acids is 1. The molecular weight excluding hydrogens is 256 g/mol. The number of hydrogen-bond acceptors (Lipinski definition) is 8. The van der Waals surface area contributed by atoms with E-state index in [0.29, 0.717) is 29.8 Å². The van der Waals surface area contributed by atoms with Crippen LogP contribution in [0, 0.1) is 0 Å². The summed E-state index contributed by atoms with van der Waals surface area (Å²) in [6, 6.07) is 0. The van der Waals surface area contributed by atoms with Crippen molar-refractivity contribution in [1.29, 1.82) is 0 Å². The standard InChI is InChI=1S/C10H12N4O3S/c1-2-16-9(15)3-7-5-18-10(13-7)11-4-8-12-6-17-14-8/h5-6H,2-4H2,1H3,(H,11,13). The largest absolute Gasteiger partial charge is 0.466 e. The van der Waals surface area contributed by atoms with E-state index in [-0.39, 0.29) is 12.4 Å². The molecule has 0 aliphatic carbocycles. The van der Waals surface area contributed by atoms with Gasteiger partial charge in [0.15, 0.2) is 11.0 Å². The Bertz CT molecular complexity index is 497. The van der Waals surface area contributed by atoms with Crippen LogP contribution in [0.1, 0.15) is 18.4 Å². The van der Waals surface area contributed by atoms with Gasteiger partial charge in [0.05, 0.1) is 25.3 Å². The Morgan fingerprint density at radius 1 is 1.61 bits per heavy atom. The SMILES string of the molecule is CCOC(=O)Cc1csc(NCc2ncon2)n1. The van der Waals surface area contributed by atoms with Gasteiger partial charge >= 0.3 is 5.97 Å². The van der Waals surface area contributed by atoms with Crippen molar-refractivity contribution in [2.45, 2.75) is 19.9 Å². The molecule has 7 nitrogen and oxygen atoms in total. The van der Waals surface area contributed by atoms with Crippen LogP contribution in [-0.4, -0.2) is 27.7 Å². The van der Waals surface area contributed by atoms with Crippen LogP contribution in [0.25, 0.3) is 0 Å². The molecular formula is C10H12N4O3S. The summed E-state index contributed by atoms with van der Waals surface area (Å²) in [5, 5.41) is 9.23. The van der Waals surface area contributed by atoms with Crippen molar-refractivity contribution in [3.8, 4) is 0 Å². The maximum absolute atomic E-state index is 11.3. The van der Waals surface area contributed by atoms with Gasteiger partial charge in [-0.05, 0) is 6.92 Å². The minimum Gasteiger partial charge on any atom is -0.466 e. The van der Waals surface area contributed by atoms with E-state index < -0.39 is 0 Å². The third-order valence-corrected chi connectivity index (χ3v) is 2.84. The predicted octanol–water partition coefficient (Wildman–Crippen LogP) is 1.24. The van der Waals surface area contributed by atoms with Crippen molar-refractivity contribution in [1.82, 2.24) is 15.1 Å². The summed E-state index contributed by atoms with van der Waals surface area (Å²) in [5.41, 5.74) is 0.689. The van der Waals surface area contributed by atoms with Gasteiger partial charge in [-0.15, -0.1) is 11.3 Å². The Kier molecular flexibility index (Phi) is 4.24. The molecule has 2 aromatic heterocycles. The second-order valence-electron chi connectivity index (χ2n) is 3.33. The summed E-state index contributed by atoms with van der Waals surface area (Å²) in [6.45, 7) is 2.59. The van der Waals surface area contributed by atoms with Gasteiger partial charge < -0.3 is 14.6 Å². The lowest BCUT2D eigenvalue weighted by molar-refractivity contribution is -0.142. The maximum Gasteiger partial charge on any atom is 0.311 e. The zero-order chi connectivity index (χ0) is 12.8. The minimum atomic E-state index is -0.271. The molecule has 1 N–H and O–H groups in total. The summed E-state index contributed by atoms with van der Waals surface area (Å²) >= 11 is 1.42. The number of nitrogens with one attached hydrogen (secondary N) is 1. The highest BCUT2D eigenvalue weighted by molar-refractivity contribution is 7.13. The zero-order valence-electron chi connectivity index (χ0n) is 9.75. The van der Waals surface area contributed by atoms with Crippen molar-refractivity contribution >= 4 is 22.4 Å². The van der Waals surface area contributed by atoms with Crippen molar-refractivity contribution in [2.24, 2.45) is 0 Å². The normalized spacial score (nSPS) is 10.3. The Morgan fingerprint density at radius 2 is 2.50 bits per heavy atom. The van der Waals surface area contributed by atoms with Gasteiger partial charge in [0.25, 0.3) is 0 Å². The number of thiazole rings is 1. The predicted molar refractivity (Wildman–Crippen MR) is 64.1 cm³/mol. The molecule has 0 unspecified atom stereocenters. The van der Waals surface area contributed by atoms with E-state index in [1.165, 1.54) is 17.7 Å². The zero-order valence-corrected chi connectivity index (χ0v) is 10.6. The number of aromatic nitrogens is 3. The van der Waals surface area contributed by atoms with Gasteiger partial charge in [0.2, 0.25) is 6.39 Å². The average Bonchev–Trinajstić information content (AvgIpc) is 2.97. The number of hydrogen-bond donors (Lipinski definition) is 1. The van der Waals surface area contributed by atoms with Gasteiger partial charge in [-0.1, -0.05) is 5.16 Å². The molecule has 0 spiro atoms. The maximum atomic E-state index is 11.3.